The number of hydrogen-bond acceptors (Lipinski definition) is 4. The molecule has 1 saturated heterocycles. The monoisotopic (exact) mass is 370 g/mol. The SMILES string of the molecule is CC(=O)c1cccc(NC(=O)N2CCC[C@H](c3ccn(CC(=O)O)n3)C2)c1. The summed E-state index contributed by atoms with van der Waals surface area (Å²) in [5.41, 5.74) is 1.93. The lowest BCUT2D eigenvalue weighted by molar-refractivity contribution is -0.137. The minimum absolute atomic E-state index is 0.0546. The van der Waals surface area contributed by atoms with E-state index in [0.717, 1.165) is 18.5 Å². The number of ketones is 1. The molecule has 2 N–H and O–H groups in total. The van der Waals surface area contributed by atoms with Gasteiger partial charge in [0, 0.05) is 36.5 Å². The van der Waals surface area contributed by atoms with E-state index in [9.17, 15) is 14.4 Å². The molecule has 2 heterocycles. The number of amides is 2. The summed E-state index contributed by atoms with van der Waals surface area (Å²) in [4.78, 5) is 36.6. The van der Waals surface area contributed by atoms with Gasteiger partial charge in [-0.15, -0.1) is 0 Å². The Bertz CT molecular complexity index is 861. The molecule has 1 fully saturated rings. The molecule has 0 saturated carbocycles. The molecule has 2 aromatic rings. The molecule has 1 aromatic carbocycles. The molecular formula is C19H22N4O4. The van der Waals surface area contributed by atoms with Crippen LogP contribution in [0.25, 0.3) is 0 Å². The number of nitrogens with one attached hydrogen (secondary N) is 1. The van der Waals surface area contributed by atoms with Gasteiger partial charge in [0.25, 0.3) is 0 Å². The highest BCUT2D eigenvalue weighted by atomic mass is 16.4. The van der Waals surface area contributed by atoms with Gasteiger partial charge in [0.2, 0.25) is 0 Å². The molecule has 142 valence electrons. The molecule has 1 aliphatic rings. The summed E-state index contributed by atoms with van der Waals surface area (Å²) in [6.45, 7) is 2.47. The van der Waals surface area contributed by atoms with Crippen LogP contribution in [0, 0.1) is 0 Å². The van der Waals surface area contributed by atoms with Crippen molar-refractivity contribution in [3.05, 3.63) is 47.8 Å². The summed E-state index contributed by atoms with van der Waals surface area (Å²) in [5.74, 6) is -0.925. The van der Waals surface area contributed by atoms with E-state index >= 15 is 0 Å². The first-order valence-electron chi connectivity index (χ1n) is 8.84. The number of hydrogen-bond donors (Lipinski definition) is 2. The number of anilines is 1. The molecule has 0 spiro atoms. The van der Waals surface area contributed by atoms with Gasteiger partial charge in [-0.2, -0.15) is 5.10 Å². The van der Waals surface area contributed by atoms with Crippen molar-refractivity contribution >= 4 is 23.5 Å². The van der Waals surface area contributed by atoms with Gasteiger partial charge < -0.3 is 15.3 Å². The van der Waals surface area contributed by atoms with Crippen molar-refractivity contribution in [3.63, 3.8) is 0 Å². The third-order valence-electron chi connectivity index (χ3n) is 4.61. The minimum Gasteiger partial charge on any atom is -0.480 e. The van der Waals surface area contributed by atoms with Crippen LogP contribution < -0.4 is 5.32 Å². The van der Waals surface area contributed by atoms with Gasteiger partial charge in [0.05, 0.1) is 5.69 Å². The molecule has 8 heteroatoms. The van der Waals surface area contributed by atoms with Crippen LogP contribution in [0.5, 0.6) is 0 Å². The van der Waals surface area contributed by atoms with Crippen molar-refractivity contribution in [1.82, 2.24) is 14.7 Å². The van der Waals surface area contributed by atoms with E-state index in [1.54, 1.807) is 35.4 Å². The van der Waals surface area contributed by atoms with Crippen LogP contribution in [0.2, 0.25) is 0 Å². The second-order valence-corrected chi connectivity index (χ2v) is 6.68. The molecule has 0 bridgehead atoms. The van der Waals surface area contributed by atoms with Crippen LogP contribution in [-0.2, 0) is 11.3 Å². The zero-order valence-electron chi connectivity index (χ0n) is 15.1. The van der Waals surface area contributed by atoms with Crippen LogP contribution in [-0.4, -0.2) is 50.7 Å². The number of rotatable bonds is 5. The fourth-order valence-corrected chi connectivity index (χ4v) is 3.24. The van der Waals surface area contributed by atoms with Crippen molar-refractivity contribution < 1.29 is 19.5 Å². The predicted octanol–water partition coefficient (Wildman–Crippen LogP) is 2.58. The lowest BCUT2D eigenvalue weighted by atomic mass is 9.95. The third kappa shape index (κ3) is 4.72. The zero-order valence-corrected chi connectivity index (χ0v) is 15.1. The topological polar surface area (TPSA) is 105 Å². The first-order valence-corrected chi connectivity index (χ1v) is 8.84. The van der Waals surface area contributed by atoms with Gasteiger partial charge in [0.15, 0.2) is 5.78 Å². The van der Waals surface area contributed by atoms with Crippen LogP contribution in [0.15, 0.2) is 36.5 Å². The van der Waals surface area contributed by atoms with Crippen molar-refractivity contribution in [1.29, 1.82) is 0 Å². The van der Waals surface area contributed by atoms with Crippen molar-refractivity contribution in [3.8, 4) is 0 Å². The molecule has 8 nitrogen and oxygen atoms in total. The number of nitrogens with zero attached hydrogens (tertiary/aromatic N) is 3. The number of carbonyl (C=O) groups is 3. The average Bonchev–Trinajstić information content (AvgIpc) is 3.10. The van der Waals surface area contributed by atoms with E-state index < -0.39 is 5.97 Å². The summed E-state index contributed by atoms with van der Waals surface area (Å²) in [6, 6.07) is 8.45. The Hall–Kier alpha value is -3.16. The van der Waals surface area contributed by atoms with Gasteiger partial charge >= 0.3 is 12.0 Å². The number of likely N-dealkylation sites (tertiary alicyclic amines) is 1. The number of carboxylic acid groups (broad SMARTS) is 1. The summed E-state index contributed by atoms with van der Waals surface area (Å²) < 4.78 is 1.39. The summed E-state index contributed by atoms with van der Waals surface area (Å²) >= 11 is 0. The van der Waals surface area contributed by atoms with E-state index in [-0.39, 0.29) is 24.3 Å². The molecule has 3 rings (SSSR count). The Morgan fingerprint density at radius 1 is 1.30 bits per heavy atom. The highest BCUT2D eigenvalue weighted by Crippen LogP contribution is 2.26. The largest absolute Gasteiger partial charge is 0.480 e. The van der Waals surface area contributed by atoms with Crippen LogP contribution in [0.4, 0.5) is 10.5 Å². The molecule has 0 radical (unpaired) electrons. The van der Waals surface area contributed by atoms with Crippen molar-refractivity contribution in [2.45, 2.75) is 32.2 Å². The number of aliphatic carboxylic acids is 1. The molecule has 1 aromatic heterocycles. The first-order chi connectivity index (χ1) is 12.9. The normalized spacial score (nSPS) is 16.8. The standard InChI is InChI=1S/C19H22N4O4/c1-13(24)14-4-2-6-16(10-14)20-19(27)22-8-3-5-15(11-22)17-7-9-23(21-17)12-18(25)26/h2,4,6-7,9-10,15H,3,5,8,11-12H2,1H3,(H,20,27)(H,25,26)/t15-/m0/s1. The number of benzene rings is 1. The maximum absolute atomic E-state index is 12.6. The second-order valence-electron chi connectivity index (χ2n) is 6.68. The van der Waals surface area contributed by atoms with Gasteiger partial charge in [-0.3, -0.25) is 14.3 Å². The number of carbonyl (C=O) groups excluding carboxylic acids is 2. The first kappa shape index (κ1) is 18.6. The molecule has 0 aliphatic carbocycles. The van der Waals surface area contributed by atoms with Crippen LogP contribution >= 0.6 is 0 Å². The molecular weight excluding hydrogens is 348 g/mol. The van der Waals surface area contributed by atoms with E-state index in [1.165, 1.54) is 11.6 Å². The third-order valence-corrected chi connectivity index (χ3v) is 4.61. The fourth-order valence-electron chi connectivity index (χ4n) is 3.24. The Labute approximate surface area is 156 Å². The fraction of sp³-hybridized carbons (Fsp3) is 0.368. The number of urea groups is 1. The van der Waals surface area contributed by atoms with E-state index in [1.807, 2.05) is 6.07 Å². The van der Waals surface area contributed by atoms with Gasteiger partial charge in [-0.05, 0) is 38.0 Å². The summed E-state index contributed by atoms with van der Waals surface area (Å²) in [5, 5.41) is 16.0. The maximum Gasteiger partial charge on any atom is 0.325 e. The smallest absolute Gasteiger partial charge is 0.325 e. The second kappa shape index (κ2) is 8.03. The Balaban J connectivity index is 1.64. The highest BCUT2D eigenvalue weighted by molar-refractivity contribution is 5.96. The molecule has 27 heavy (non-hydrogen) atoms. The Kier molecular flexibility index (Phi) is 5.54. The molecule has 1 aliphatic heterocycles. The van der Waals surface area contributed by atoms with E-state index in [2.05, 4.69) is 10.4 Å². The van der Waals surface area contributed by atoms with Gasteiger partial charge in [-0.1, -0.05) is 12.1 Å². The number of aromatic nitrogens is 2. The minimum atomic E-state index is -0.943. The number of carboxylic acids is 1. The van der Waals surface area contributed by atoms with Crippen molar-refractivity contribution in [2.75, 3.05) is 18.4 Å². The zero-order chi connectivity index (χ0) is 19.4. The van der Waals surface area contributed by atoms with Crippen molar-refractivity contribution in [2.24, 2.45) is 0 Å². The molecule has 0 unspecified atom stereocenters. The number of piperidine rings is 1. The lowest BCUT2D eigenvalue weighted by Crippen LogP contribution is -2.41. The molecule has 1 atom stereocenters. The summed E-state index contributed by atoms with van der Waals surface area (Å²) in [7, 11) is 0. The summed E-state index contributed by atoms with van der Waals surface area (Å²) in [6.07, 6.45) is 3.39. The lowest BCUT2D eigenvalue weighted by Gasteiger charge is -2.32. The predicted molar refractivity (Wildman–Crippen MR) is 98.9 cm³/mol. The van der Waals surface area contributed by atoms with E-state index in [0.29, 0.717) is 24.3 Å². The van der Waals surface area contributed by atoms with E-state index in [4.69, 9.17) is 5.11 Å². The average molecular weight is 370 g/mol. The number of Topliss-reactive ketones (excluding diaryl/α,β-unsaturated/α-hetero) is 1. The maximum atomic E-state index is 12.6. The van der Waals surface area contributed by atoms with Gasteiger partial charge in [-0.25, -0.2) is 4.79 Å². The quantitative estimate of drug-likeness (QED) is 0.787. The Morgan fingerprint density at radius 2 is 2.11 bits per heavy atom. The van der Waals surface area contributed by atoms with Crippen LogP contribution in [0.1, 0.15) is 41.7 Å². The van der Waals surface area contributed by atoms with Crippen LogP contribution in [0.3, 0.4) is 0 Å². The molecule has 2 amide bonds. The Morgan fingerprint density at radius 3 is 2.85 bits per heavy atom. The highest BCUT2D eigenvalue weighted by Gasteiger charge is 2.26. The van der Waals surface area contributed by atoms with Gasteiger partial charge in [0.1, 0.15) is 6.54 Å².